The molecule has 0 unspecified atom stereocenters. The van der Waals surface area contributed by atoms with E-state index in [1.54, 1.807) is 0 Å². The molecule has 0 aliphatic carbocycles. The molecule has 0 spiro atoms. The van der Waals surface area contributed by atoms with Gasteiger partial charge in [0, 0.05) is 42.7 Å². The number of sulfonamides is 1. The first-order chi connectivity index (χ1) is 18.1. The molecule has 10 nitrogen and oxygen atoms in total. The number of nitrogens with one attached hydrogen (secondary N) is 1. The number of carbonyl (C=O) groups is 3. The number of piperidine rings is 1. The van der Waals surface area contributed by atoms with Crippen molar-refractivity contribution < 1.29 is 32.3 Å². The minimum Gasteiger partial charge on any atom is -0.469 e. The lowest BCUT2D eigenvalue weighted by molar-refractivity contribution is -0.146. The Balaban J connectivity index is 1.49. The van der Waals surface area contributed by atoms with Crippen molar-refractivity contribution in [1.82, 2.24) is 9.21 Å². The third kappa shape index (κ3) is 5.63. The maximum absolute atomic E-state index is 13.1. The number of hydrogen-bond acceptors (Lipinski definition) is 9. The van der Waals surface area contributed by atoms with Crippen molar-refractivity contribution in [3.05, 3.63) is 45.8 Å². The van der Waals surface area contributed by atoms with Crippen molar-refractivity contribution in [2.45, 2.75) is 50.6 Å². The first-order valence-corrected chi connectivity index (χ1v) is 14.8. The van der Waals surface area contributed by atoms with Crippen LogP contribution in [0.25, 0.3) is 0 Å². The number of amides is 1. The van der Waals surface area contributed by atoms with Crippen molar-refractivity contribution in [2.24, 2.45) is 5.92 Å². The smallest absolute Gasteiger partial charge is 0.341 e. The summed E-state index contributed by atoms with van der Waals surface area (Å²) >= 11 is 1.37. The number of fused-ring (bicyclic) bond motifs is 1. The Bertz CT molecular complexity index is 1310. The monoisotopic (exact) mass is 563 g/mol. The summed E-state index contributed by atoms with van der Waals surface area (Å²) in [5.74, 6) is -1.56. The number of methoxy groups -OCH3 is 2. The summed E-state index contributed by atoms with van der Waals surface area (Å²) in [5.41, 5.74) is 1.56. The van der Waals surface area contributed by atoms with Gasteiger partial charge in [-0.05, 0) is 62.9 Å². The number of carbonyl (C=O) groups excluding carboxylic acids is 3. The van der Waals surface area contributed by atoms with Crippen LogP contribution < -0.4 is 5.32 Å². The van der Waals surface area contributed by atoms with Crippen LogP contribution in [0.3, 0.4) is 0 Å². The van der Waals surface area contributed by atoms with Gasteiger partial charge in [-0.3, -0.25) is 14.5 Å². The molecule has 0 bridgehead atoms. The van der Waals surface area contributed by atoms with Gasteiger partial charge >= 0.3 is 11.9 Å². The van der Waals surface area contributed by atoms with Crippen molar-refractivity contribution in [2.75, 3.05) is 39.2 Å². The number of anilines is 1. The van der Waals surface area contributed by atoms with Crippen LogP contribution in [0.4, 0.5) is 5.00 Å². The summed E-state index contributed by atoms with van der Waals surface area (Å²) in [6.07, 6.45) is 1.48. The fourth-order valence-corrected chi connectivity index (χ4v) is 7.60. The van der Waals surface area contributed by atoms with E-state index >= 15 is 0 Å². The van der Waals surface area contributed by atoms with E-state index in [1.807, 2.05) is 0 Å². The SMILES string of the molecule is COC(=O)c1c(NC(=O)c2ccc(S(=O)(=O)N3CCC(C(=O)OC)CC3)cc2)sc2c1CCN(C(C)C)C2. The van der Waals surface area contributed by atoms with E-state index in [2.05, 4.69) is 24.1 Å². The van der Waals surface area contributed by atoms with Gasteiger partial charge in [-0.2, -0.15) is 4.31 Å². The van der Waals surface area contributed by atoms with Gasteiger partial charge in [0.1, 0.15) is 5.00 Å². The second kappa shape index (κ2) is 11.5. The fraction of sp³-hybridized carbons (Fsp3) is 0.500. The number of nitrogens with zero attached hydrogens (tertiary/aromatic N) is 2. The molecule has 2 aromatic rings. The van der Waals surface area contributed by atoms with Crippen molar-refractivity contribution in [3.63, 3.8) is 0 Å². The first-order valence-electron chi connectivity index (χ1n) is 12.5. The van der Waals surface area contributed by atoms with E-state index < -0.39 is 21.9 Å². The van der Waals surface area contributed by atoms with Gasteiger partial charge in [-0.1, -0.05) is 0 Å². The van der Waals surface area contributed by atoms with Crippen LogP contribution in [0.2, 0.25) is 0 Å². The Labute approximate surface area is 226 Å². The second-order valence-corrected chi connectivity index (χ2v) is 12.7. The van der Waals surface area contributed by atoms with Crippen LogP contribution in [0.1, 0.15) is 57.8 Å². The van der Waals surface area contributed by atoms with E-state index in [1.165, 1.54) is 54.1 Å². The minimum absolute atomic E-state index is 0.0705. The topological polar surface area (TPSA) is 122 Å². The second-order valence-electron chi connectivity index (χ2n) is 9.69. The van der Waals surface area contributed by atoms with Crippen LogP contribution in [0, 0.1) is 5.92 Å². The third-order valence-electron chi connectivity index (χ3n) is 7.18. The standard InChI is InChI=1S/C26H33N3O7S2/c1-16(2)28-12-11-20-21(15-28)37-24(22(20)26(32)36-4)27-23(30)17-5-7-19(8-6-17)38(33,34)29-13-9-18(10-14-29)25(31)35-3/h5-8,16,18H,9-15H2,1-4H3,(H,27,30). The minimum atomic E-state index is -3.77. The Morgan fingerprint density at radius 2 is 1.68 bits per heavy atom. The summed E-state index contributed by atoms with van der Waals surface area (Å²) in [5, 5.41) is 3.28. The van der Waals surface area contributed by atoms with Crippen LogP contribution in [-0.2, 0) is 37.3 Å². The zero-order valence-electron chi connectivity index (χ0n) is 22.0. The molecule has 1 aromatic carbocycles. The molecule has 4 rings (SSSR count). The number of rotatable bonds is 7. The zero-order valence-corrected chi connectivity index (χ0v) is 23.6. The molecule has 38 heavy (non-hydrogen) atoms. The highest BCUT2D eigenvalue weighted by molar-refractivity contribution is 7.89. The number of benzene rings is 1. The molecule has 1 amide bonds. The molecule has 2 aliphatic rings. The number of ether oxygens (including phenoxy) is 2. The van der Waals surface area contributed by atoms with Gasteiger partial charge in [-0.15, -0.1) is 11.3 Å². The highest BCUT2D eigenvalue weighted by Gasteiger charge is 2.33. The van der Waals surface area contributed by atoms with E-state index in [-0.39, 0.29) is 35.4 Å². The van der Waals surface area contributed by atoms with Gasteiger partial charge < -0.3 is 14.8 Å². The summed E-state index contributed by atoms with van der Waals surface area (Å²) in [4.78, 5) is 40.8. The first kappa shape index (κ1) is 28.2. The molecule has 2 aliphatic heterocycles. The molecule has 0 radical (unpaired) electrons. The number of thiophene rings is 1. The summed E-state index contributed by atoms with van der Waals surface area (Å²) in [6.45, 7) is 6.19. The highest BCUT2D eigenvalue weighted by atomic mass is 32.2. The fourth-order valence-electron chi connectivity index (χ4n) is 4.87. The van der Waals surface area contributed by atoms with Gasteiger partial charge in [0.05, 0.1) is 30.6 Å². The molecular weight excluding hydrogens is 530 g/mol. The summed E-state index contributed by atoms with van der Waals surface area (Å²) in [6, 6.07) is 6.07. The van der Waals surface area contributed by atoms with E-state index in [0.717, 1.165) is 17.0 Å². The maximum Gasteiger partial charge on any atom is 0.341 e. The molecule has 0 saturated carbocycles. The Morgan fingerprint density at radius 1 is 1.03 bits per heavy atom. The van der Waals surface area contributed by atoms with Gasteiger partial charge in [0.2, 0.25) is 10.0 Å². The third-order valence-corrected chi connectivity index (χ3v) is 10.2. The molecule has 1 fully saturated rings. The molecule has 1 aromatic heterocycles. The van der Waals surface area contributed by atoms with Crippen molar-refractivity contribution in [3.8, 4) is 0 Å². The summed E-state index contributed by atoms with van der Waals surface area (Å²) in [7, 11) is -1.13. The molecule has 3 heterocycles. The Morgan fingerprint density at radius 3 is 2.26 bits per heavy atom. The van der Waals surface area contributed by atoms with E-state index in [0.29, 0.717) is 42.4 Å². The van der Waals surface area contributed by atoms with Crippen molar-refractivity contribution >= 4 is 44.2 Å². The Hall–Kier alpha value is -2.80. The van der Waals surface area contributed by atoms with Crippen molar-refractivity contribution in [1.29, 1.82) is 0 Å². The van der Waals surface area contributed by atoms with Crippen LogP contribution in [-0.4, -0.2) is 75.4 Å². The average Bonchev–Trinajstić information content (AvgIpc) is 3.29. The zero-order chi connectivity index (χ0) is 27.6. The van der Waals surface area contributed by atoms with Gasteiger partial charge in [0.15, 0.2) is 0 Å². The van der Waals surface area contributed by atoms with E-state index in [4.69, 9.17) is 9.47 Å². The molecular formula is C26H33N3O7S2. The lowest BCUT2D eigenvalue weighted by atomic mass is 9.99. The highest BCUT2D eigenvalue weighted by Crippen LogP contribution is 2.38. The maximum atomic E-state index is 13.1. The van der Waals surface area contributed by atoms with Gasteiger partial charge in [-0.25, -0.2) is 13.2 Å². The van der Waals surface area contributed by atoms with Crippen LogP contribution in [0.5, 0.6) is 0 Å². The molecule has 1 saturated heterocycles. The Kier molecular flexibility index (Phi) is 8.55. The van der Waals surface area contributed by atoms with Gasteiger partial charge in [0.25, 0.3) is 5.91 Å². The number of hydrogen-bond donors (Lipinski definition) is 1. The molecule has 12 heteroatoms. The predicted molar refractivity (Wildman–Crippen MR) is 143 cm³/mol. The lowest BCUT2D eigenvalue weighted by Crippen LogP contribution is -2.40. The average molecular weight is 564 g/mol. The molecule has 1 N–H and O–H groups in total. The molecule has 0 atom stereocenters. The largest absolute Gasteiger partial charge is 0.469 e. The normalized spacial score (nSPS) is 17.2. The van der Waals surface area contributed by atoms with Crippen LogP contribution >= 0.6 is 11.3 Å². The predicted octanol–water partition coefficient (Wildman–Crippen LogP) is 3.13. The number of esters is 2. The summed E-state index contributed by atoms with van der Waals surface area (Å²) < 4.78 is 37.3. The van der Waals surface area contributed by atoms with Crippen LogP contribution in [0.15, 0.2) is 29.2 Å². The molecule has 206 valence electrons. The quantitative estimate of drug-likeness (QED) is 0.510. The van der Waals surface area contributed by atoms with E-state index in [9.17, 15) is 22.8 Å². The lowest BCUT2D eigenvalue weighted by Gasteiger charge is -2.30.